The van der Waals surface area contributed by atoms with Crippen molar-refractivity contribution < 1.29 is 4.74 Å². The summed E-state index contributed by atoms with van der Waals surface area (Å²) in [5.74, 6) is 1.65. The van der Waals surface area contributed by atoms with Crippen LogP contribution >= 0.6 is 23.1 Å². The van der Waals surface area contributed by atoms with Gasteiger partial charge in [-0.1, -0.05) is 30.0 Å². The van der Waals surface area contributed by atoms with Crippen molar-refractivity contribution in [3.8, 4) is 10.7 Å². The van der Waals surface area contributed by atoms with Gasteiger partial charge in [0, 0.05) is 32.1 Å². The first-order chi connectivity index (χ1) is 12.7. The van der Waals surface area contributed by atoms with Crippen molar-refractivity contribution in [3.63, 3.8) is 0 Å². The zero-order valence-corrected chi connectivity index (χ0v) is 16.3. The lowest BCUT2D eigenvalue weighted by Crippen LogP contribution is -2.17. The summed E-state index contributed by atoms with van der Waals surface area (Å²) in [6, 6.07) is 12.5. The minimum absolute atomic E-state index is 0.0503. The molecule has 0 spiro atoms. The van der Waals surface area contributed by atoms with Gasteiger partial charge in [-0.25, -0.2) is 4.98 Å². The Labute approximate surface area is 161 Å². The number of thioether (sulfide) groups is 1. The Balaban J connectivity index is 1.30. The maximum absolute atomic E-state index is 6.14. The van der Waals surface area contributed by atoms with Crippen molar-refractivity contribution in [2.75, 3.05) is 31.3 Å². The normalized spacial score (nSPS) is 19.8. The van der Waals surface area contributed by atoms with Crippen molar-refractivity contribution in [2.45, 2.75) is 17.5 Å². The summed E-state index contributed by atoms with van der Waals surface area (Å²) in [7, 11) is 4.08. The molecular formula is C18H21N5OS2. The summed E-state index contributed by atoms with van der Waals surface area (Å²) < 4.78 is 6.14. The van der Waals surface area contributed by atoms with Crippen molar-refractivity contribution in [2.24, 2.45) is 0 Å². The first-order valence-electron chi connectivity index (χ1n) is 8.44. The van der Waals surface area contributed by atoms with Crippen LogP contribution in [0.15, 0.2) is 46.9 Å². The molecule has 6 nitrogen and oxygen atoms in total. The molecule has 1 saturated heterocycles. The first kappa shape index (κ1) is 17.5. The molecule has 0 saturated carbocycles. The third-order valence-corrected chi connectivity index (χ3v) is 6.05. The molecule has 0 aliphatic carbocycles. The lowest BCUT2D eigenvalue weighted by atomic mass is 10.2. The molecular weight excluding hydrogens is 366 g/mol. The molecule has 1 aliphatic rings. The van der Waals surface area contributed by atoms with Crippen LogP contribution in [0, 0.1) is 0 Å². The molecule has 0 amide bonds. The average Bonchev–Trinajstić information content (AvgIpc) is 3.40. The largest absolute Gasteiger partial charge is 0.378 e. The smallest absolute Gasteiger partial charge is 0.208 e. The van der Waals surface area contributed by atoms with Gasteiger partial charge in [0.2, 0.25) is 5.16 Å². The Hall–Kier alpha value is -1.87. The minimum Gasteiger partial charge on any atom is -0.378 e. The highest BCUT2D eigenvalue weighted by Gasteiger charge is 2.26. The number of nitrogens with one attached hydrogen (secondary N) is 2. The van der Waals surface area contributed by atoms with Gasteiger partial charge in [0.1, 0.15) is 6.23 Å². The number of ether oxygens (including phenoxy) is 1. The van der Waals surface area contributed by atoms with Crippen molar-refractivity contribution in [1.82, 2.24) is 20.5 Å². The van der Waals surface area contributed by atoms with E-state index in [9.17, 15) is 0 Å². The van der Waals surface area contributed by atoms with Gasteiger partial charge in [0.05, 0.1) is 11.0 Å². The van der Waals surface area contributed by atoms with E-state index >= 15 is 0 Å². The standard InChI is InChI=1S/C18H21N5OS2/c1-23(2)13-7-5-12(6-8-13)17-19-10-14(24-17)11-26-18-20-16(21-22-18)15-4-3-9-25-15/h3-9,14,17,19H,10-11H2,1-2H3,(H,20,21,22)/t14-,17-/m1/s1. The van der Waals surface area contributed by atoms with Gasteiger partial charge in [0.25, 0.3) is 0 Å². The maximum Gasteiger partial charge on any atom is 0.208 e. The van der Waals surface area contributed by atoms with Crippen molar-refractivity contribution in [3.05, 3.63) is 47.3 Å². The number of aromatic amines is 1. The van der Waals surface area contributed by atoms with E-state index < -0.39 is 0 Å². The Morgan fingerprint density at radius 3 is 2.85 bits per heavy atom. The van der Waals surface area contributed by atoms with E-state index in [1.807, 2.05) is 31.6 Å². The molecule has 0 bridgehead atoms. The van der Waals surface area contributed by atoms with Crippen molar-refractivity contribution >= 4 is 28.8 Å². The highest BCUT2D eigenvalue weighted by atomic mass is 32.2. The fourth-order valence-corrected chi connectivity index (χ4v) is 4.23. The summed E-state index contributed by atoms with van der Waals surface area (Å²) in [5, 5.41) is 13.5. The number of hydrogen-bond donors (Lipinski definition) is 2. The summed E-state index contributed by atoms with van der Waals surface area (Å²) in [4.78, 5) is 7.74. The van der Waals surface area contributed by atoms with Crippen LogP contribution in [0.25, 0.3) is 10.7 Å². The fraction of sp³-hybridized carbons (Fsp3) is 0.333. The summed E-state index contributed by atoms with van der Waals surface area (Å²) in [5.41, 5.74) is 2.34. The third-order valence-electron chi connectivity index (χ3n) is 4.19. The molecule has 26 heavy (non-hydrogen) atoms. The molecule has 8 heteroatoms. The van der Waals surface area contributed by atoms with Gasteiger partial charge in [0.15, 0.2) is 5.82 Å². The summed E-state index contributed by atoms with van der Waals surface area (Å²) in [6.45, 7) is 0.829. The fourth-order valence-electron chi connectivity index (χ4n) is 2.77. The van der Waals surface area contributed by atoms with Gasteiger partial charge in [-0.05, 0) is 29.1 Å². The summed E-state index contributed by atoms with van der Waals surface area (Å²) in [6.07, 6.45) is 0.0906. The molecule has 2 N–H and O–H groups in total. The van der Waals surface area contributed by atoms with Crippen molar-refractivity contribution in [1.29, 1.82) is 0 Å². The van der Waals surface area contributed by atoms with E-state index in [-0.39, 0.29) is 12.3 Å². The Morgan fingerprint density at radius 2 is 2.12 bits per heavy atom. The monoisotopic (exact) mass is 387 g/mol. The van der Waals surface area contributed by atoms with Gasteiger partial charge in [-0.15, -0.1) is 16.4 Å². The van der Waals surface area contributed by atoms with Crippen LogP contribution in [0.3, 0.4) is 0 Å². The van der Waals surface area contributed by atoms with Gasteiger partial charge in [-0.2, -0.15) is 0 Å². The zero-order chi connectivity index (χ0) is 17.9. The predicted octanol–water partition coefficient (Wildman–Crippen LogP) is 3.38. The molecule has 1 aromatic carbocycles. The lowest BCUT2D eigenvalue weighted by molar-refractivity contribution is 0.0534. The van der Waals surface area contributed by atoms with E-state index in [0.29, 0.717) is 0 Å². The second-order valence-electron chi connectivity index (χ2n) is 6.29. The SMILES string of the molecule is CN(C)c1ccc([C@@H]2NC[C@H](CSc3n[nH]c(-c4cccs4)n3)O2)cc1. The van der Waals surface area contributed by atoms with Gasteiger partial charge >= 0.3 is 0 Å². The van der Waals surface area contributed by atoms with Crippen LogP contribution in [0.5, 0.6) is 0 Å². The highest BCUT2D eigenvalue weighted by Crippen LogP contribution is 2.27. The Kier molecular flexibility index (Phi) is 5.26. The Morgan fingerprint density at radius 1 is 1.27 bits per heavy atom. The molecule has 3 heterocycles. The molecule has 2 atom stereocenters. The number of benzene rings is 1. The van der Waals surface area contributed by atoms with Crippen LogP contribution in [0.1, 0.15) is 11.8 Å². The molecule has 0 unspecified atom stereocenters. The average molecular weight is 388 g/mol. The predicted molar refractivity (Wildman–Crippen MR) is 107 cm³/mol. The maximum atomic E-state index is 6.14. The van der Waals surface area contributed by atoms with Crippen LogP contribution < -0.4 is 10.2 Å². The second kappa shape index (κ2) is 7.79. The second-order valence-corrected chi connectivity index (χ2v) is 8.22. The number of H-pyrrole nitrogens is 1. The Bertz CT molecular complexity index is 832. The highest BCUT2D eigenvalue weighted by molar-refractivity contribution is 7.99. The minimum atomic E-state index is -0.0503. The third kappa shape index (κ3) is 3.93. The molecule has 4 rings (SSSR count). The summed E-state index contributed by atoms with van der Waals surface area (Å²) >= 11 is 3.27. The molecule has 0 radical (unpaired) electrons. The van der Waals surface area contributed by atoms with Crippen LogP contribution in [0.4, 0.5) is 5.69 Å². The molecule has 1 aliphatic heterocycles. The number of hydrogen-bond acceptors (Lipinski definition) is 7. The molecule has 2 aromatic heterocycles. The number of rotatable bonds is 6. The van der Waals surface area contributed by atoms with Crippen LogP contribution in [-0.4, -0.2) is 47.7 Å². The van der Waals surface area contributed by atoms with E-state index in [0.717, 1.165) is 33.7 Å². The van der Waals surface area contributed by atoms with E-state index in [4.69, 9.17) is 4.74 Å². The quantitative estimate of drug-likeness (QED) is 0.632. The topological polar surface area (TPSA) is 66.1 Å². The van der Waals surface area contributed by atoms with Gasteiger partial charge < -0.3 is 9.64 Å². The van der Waals surface area contributed by atoms with E-state index in [2.05, 4.69) is 49.7 Å². The lowest BCUT2D eigenvalue weighted by Gasteiger charge is -2.16. The number of aromatic nitrogens is 3. The van der Waals surface area contributed by atoms with Crippen LogP contribution in [0.2, 0.25) is 0 Å². The van der Waals surface area contributed by atoms with E-state index in [1.165, 1.54) is 5.69 Å². The zero-order valence-electron chi connectivity index (χ0n) is 14.7. The molecule has 1 fully saturated rings. The number of anilines is 1. The molecule has 3 aromatic rings. The van der Waals surface area contributed by atoms with Gasteiger partial charge in [-0.3, -0.25) is 10.4 Å². The molecule has 136 valence electrons. The number of nitrogens with zero attached hydrogens (tertiary/aromatic N) is 3. The first-order valence-corrected chi connectivity index (χ1v) is 10.3. The van der Waals surface area contributed by atoms with E-state index in [1.54, 1.807) is 23.1 Å². The number of thiophene rings is 1. The van der Waals surface area contributed by atoms with Crippen LogP contribution in [-0.2, 0) is 4.74 Å².